The predicted octanol–water partition coefficient (Wildman–Crippen LogP) is 1.48. The monoisotopic (exact) mass is 561 g/mol. The van der Waals surface area contributed by atoms with Crippen molar-refractivity contribution in [2.24, 2.45) is 16.1 Å². The number of carbonyl (C=O) groups excluding carboxylic acids is 3. The van der Waals surface area contributed by atoms with Gasteiger partial charge in [0.25, 0.3) is 0 Å². The number of Topliss-reactive ketones (excluding diaryl/α,β-unsaturated/α-hetero) is 2. The second-order valence-electron chi connectivity index (χ2n) is 8.23. The van der Waals surface area contributed by atoms with Crippen LogP contribution in [-0.2, 0) is 22.6 Å². The zero-order valence-electron chi connectivity index (χ0n) is 17.1. The second-order valence-corrected chi connectivity index (χ2v) is 9.94. The third-order valence-corrected chi connectivity index (χ3v) is 7.44. The van der Waals surface area contributed by atoms with Crippen LogP contribution >= 0.6 is 31.9 Å². The first-order valence-corrected chi connectivity index (χ1v) is 12.0. The van der Waals surface area contributed by atoms with Crippen LogP contribution in [0.25, 0.3) is 0 Å². The largest absolute Gasteiger partial charge is 0.381 e. The van der Waals surface area contributed by atoms with Gasteiger partial charge in [-0.2, -0.15) is 0 Å². The summed E-state index contributed by atoms with van der Waals surface area (Å²) in [4.78, 5) is 43.3. The number of fused-ring (bicyclic) bond motifs is 2. The molecule has 10 heteroatoms. The van der Waals surface area contributed by atoms with Gasteiger partial charge in [-0.3, -0.25) is 19.4 Å². The first kappa shape index (κ1) is 21.5. The van der Waals surface area contributed by atoms with Gasteiger partial charge in [-0.1, -0.05) is 12.2 Å². The third kappa shape index (κ3) is 3.19. The van der Waals surface area contributed by atoms with Crippen molar-refractivity contribution < 1.29 is 14.4 Å². The standard InChI is InChI=1S/C22H21Br2N5O3/c23-12-7-22(8-13(24)20(12)31)2-5-28-18-16(22)17-15-11(1-4-27-17)9-29(19(15)21(18)32)10-14(30)26-6-3-25/h7-9,28H,1-6,10,25H2,(H,26,30). The molecule has 0 radical (unpaired) electrons. The molecule has 8 nitrogen and oxygen atoms in total. The SMILES string of the molecule is NCCNC(=O)Cn1cc2c3c1C(=O)C1=C(C3=NCC2)C2(C=C(Br)C(=O)C(Br)=C2)CCN1. The number of nitrogens with two attached hydrogens (primary N) is 1. The molecule has 166 valence electrons. The van der Waals surface area contributed by atoms with Crippen LogP contribution in [0.1, 0.15) is 28.0 Å². The van der Waals surface area contributed by atoms with Crippen LogP contribution in [0.15, 0.2) is 43.6 Å². The maximum atomic E-state index is 13.7. The Morgan fingerprint density at radius 3 is 2.72 bits per heavy atom. The van der Waals surface area contributed by atoms with E-state index in [4.69, 9.17) is 10.7 Å². The molecule has 2 aliphatic heterocycles. The lowest BCUT2D eigenvalue weighted by Gasteiger charge is -2.41. The van der Waals surface area contributed by atoms with E-state index < -0.39 is 5.41 Å². The van der Waals surface area contributed by atoms with Crippen molar-refractivity contribution in [1.82, 2.24) is 15.2 Å². The number of carbonyl (C=O) groups is 3. The second kappa shape index (κ2) is 7.93. The van der Waals surface area contributed by atoms with E-state index in [1.54, 1.807) is 4.57 Å². The van der Waals surface area contributed by atoms with E-state index in [2.05, 4.69) is 42.5 Å². The van der Waals surface area contributed by atoms with Gasteiger partial charge in [0.2, 0.25) is 17.5 Å². The van der Waals surface area contributed by atoms with E-state index in [0.717, 1.165) is 22.4 Å². The number of hydrogen-bond acceptors (Lipinski definition) is 6. The zero-order valence-corrected chi connectivity index (χ0v) is 20.3. The molecule has 5 rings (SSSR count). The minimum absolute atomic E-state index is 0.0422. The molecule has 1 amide bonds. The Labute approximate surface area is 201 Å². The molecule has 0 saturated carbocycles. The number of hydrogen-bond donors (Lipinski definition) is 3. The molecule has 2 aliphatic carbocycles. The maximum absolute atomic E-state index is 13.7. The van der Waals surface area contributed by atoms with Gasteiger partial charge in [-0.05, 0) is 50.3 Å². The van der Waals surface area contributed by atoms with Crippen molar-refractivity contribution in [3.8, 4) is 0 Å². The Morgan fingerprint density at radius 2 is 2.00 bits per heavy atom. The van der Waals surface area contributed by atoms with E-state index in [1.165, 1.54) is 0 Å². The molecule has 1 spiro atoms. The molecule has 32 heavy (non-hydrogen) atoms. The molecular formula is C22H21Br2N5O3. The number of ketones is 2. The minimum atomic E-state index is -0.631. The fourth-order valence-electron chi connectivity index (χ4n) is 4.95. The summed E-state index contributed by atoms with van der Waals surface area (Å²) >= 11 is 6.81. The third-order valence-electron chi connectivity index (χ3n) is 6.26. The van der Waals surface area contributed by atoms with E-state index in [9.17, 15) is 14.4 Å². The van der Waals surface area contributed by atoms with Gasteiger partial charge < -0.3 is 20.9 Å². The van der Waals surface area contributed by atoms with E-state index in [-0.39, 0.29) is 24.0 Å². The van der Waals surface area contributed by atoms with Crippen molar-refractivity contribution >= 4 is 55.0 Å². The molecule has 3 heterocycles. The maximum Gasteiger partial charge on any atom is 0.239 e. The van der Waals surface area contributed by atoms with Gasteiger partial charge >= 0.3 is 0 Å². The fraction of sp³-hybridized carbons (Fsp3) is 0.364. The highest BCUT2D eigenvalue weighted by Gasteiger charge is 2.48. The topological polar surface area (TPSA) is 119 Å². The van der Waals surface area contributed by atoms with E-state index >= 15 is 0 Å². The molecule has 0 fully saturated rings. The highest BCUT2D eigenvalue weighted by molar-refractivity contribution is 9.13. The van der Waals surface area contributed by atoms with Gasteiger partial charge in [0, 0.05) is 48.9 Å². The lowest BCUT2D eigenvalue weighted by molar-refractivity contribution is -0.121. The number of aromatic nitrogens is 1. The number of halogens is 2. The molecule has 0 saturated heterocycles. The Bertz CT molecular complexity index is 1180. The van der Waals surface area contributed by atoms with Gasteiger partial charge in [0.15, 0.2) is 0 Å². The summed E-state index contributed by atoms with van der Waals surface area (Å²) in [6.07, 6.45) is 7.07. The molecule has 0 unspecified atom stereocenters. The summed E-state index contributed by atoms with van der Waals surface area (Å²) in [5, 5.41) is 6.04. The van der Waals surface area contributed by atoms with Crippen LogP contribution in [-0.4, -0.2) is 53.9 Å². The van der Waals surface area contributed by atoms with Crippen LogP contribution in [0.4, 0.5) is 0 Å². The summed E-state index contributed by atoms with van der Waals surface area (Å²) in [7, 11) is 0. The highest BCUT2D eigenvalue weighted by Crippen LogP contribution is 2.49. The van der Waals surface area contributed by atoms with Crippen molar-refractivity contribution in [2.75, 3.05) is 26.2 Å². The van der Waals surface area contributed by atoms with Gasteiger partial charge in [-0.15, -0.1) is 0 Å². The van der Waals surface area contributed by atoms with Gasteiger partial charge in [0.05, 0.1) is 20.4 Å². The van der Waals surface area contributed by atoms with Gasteiger partial charge in [0.1, 0.15) is 12.2 Å². The first-order valence-electron chi connectivity index (χ1n) is 10.4. The smallest absolute Gasteiger partial charge is 0.239 e. The average molecular weight is 563 g/mol. The average Bonchev–Trinajstić information content (AvgIpc) is 3.13. The number of rotatable bonds is 4. The van der Waals surface area contributed by atoms with E-state index in [0.29, 0.717) is 59.4 Å². The predicted molar refractivity (Wildman–Crippen MR) is 127 cm³/mol. The number of allylic oxidation sites excluding steroid dienone is 6. The fourth-order valence-corrected chi connectivity index (χ4v) is 6.46. The molecule has 4 aliphatic rings. The summed E-state index contributed by atoms with van der Waals surface area (Å²) in [5.41, 5.74) is 9.21. The van der Waals surface area contributed by atoms with Crippen LogP contribution < -0.4 is 16.4 Å². The van der Waals surface area contributed by atoms with Crippen molar-refractivity contribution in [1.29, 1.82) is 0 Å². The molecule has 0 aromatic carbocycles. The van der Waals surface area contributed by atoms with Crippen LogP contribution in [0, 0.1) is 5.41 Å². The number of amides is 1. The number of nitrogens with one attached hydrogen (secondary N) is 2. The lowest BCUT2D eigenvalue weighted by atomic mass is 9.66. The number of aliphatic imine (C=N–C) groups is 1. The summed E-state index contributed by atoms with van der Waals surface area (Å²) in [6.45, 7) is 1.95. The highest BCUT2D eigenvalue weighted by atomic mass is 79.9. The van der Waals surface area contributed by atoms with Gasteiger partial charge in [-0.25, -0.2) is 0 Å². The number of nitrogens with zero attached hydrogens (tertiary/aromatic N) is 2. The molecule has 0 bridgehead atoms. The Balaban J connectivity index is 1.66. The zero-order chi connectivity index (χ0) is 22.6. The Morgan fingerprint density at radius 1 is 1.25 bits per heavy atom. The molecule has 1 aromatic rings. The summed E-state index contributed by atoms with van der Waals surface area (Å²) in [5.74, 6) is -0.471. The van der Waals surface area contributed by atoms with Crippen LogP contribution in [0.2, 0.25) is 0 Å². The van der Waals surface area contributed by atoms with E-state index in [1.807, 2.05) is 18.3 Å². The van der Waals surface area contributed by atoms with Crippen molar-refractivity contribution in [2.45, 2.75) is 19.4 Å². The van der Waals surface area contributed by atoms with Crippen molar-refractivity contribution in [3.05, 3.63) is 55.4 Å². The normalized spacial score (nSPS) is 20.8. The van der Waals surface area contributed by atoms with Crippen LogP contribution in [0.5, 0.6) is 0 Å². The first-order chi connectivity index (χ1) is 15.4. The minimum Gasteiger partial charge on any atom is -0.381 e. The Hall–Kier alpha value is -2.30. The molecule has 1 aromatic heterocycles. The lowest BCUT2D eigenvalue weighted by Crippen LogP contribution is -2.45. The van der Waals surface area contributed by atoms with Crippen molar-refractivity contribution in [3.63, 3.8) is 0 Å². The summed E-state index contributed by atoms with van der Waals surface area (Å²) < 4.78 is 2.66. The molecular weight excluding hydrogens is 542 g/mol. The Kier molecular flexibility index (Phi) is 5.34. The van der Waals surface area contributed by atoms with Crippen LogP contribution in [0.3, 0.4) is 0 Å². The quantitative estimate of drug-likeness (QED) is 0.513. The molecule has 4 N–H and O–H groups in total. The summed E-state index contributed by atoms with van der Waals surface area (Å²) in [6, 6.07) is 0. The molecule has 0 atom stereocenters.